The highest BCUT2D eigenvalue weighted by atomic mass is 35.5. The Morgan fingerprint density at radius 2 is 1.65 bits per heavy atom. The van der Waals surface area contributed by atoms with Gasteiger partial charge >= 0.3 is 0 Å². The van der Waals surface area contributed by atoms with Crippen LogP contribution in [0.25, 0.3) is 0 Å². The van der Waals surface area contributed by atoms with E-state index in [2.05, 4.69) is 22.4 Å². The molecule has 0 spiro atoms. The zero-order valence-electron chi connectivity index (χ0n) is 17.8. The van der Waals surface area contributed by atoms with E-state index in [0.29, 0.717) is 15.9 Å². The van der Waals surface area contributed by atoms with E-state index in [0.717, 1.165) is 17.5 Å². The first-order valence-electron chi connectivity index (χ1n) is 10.2. The van der Waals surface area contributed by atoms with Crippen LogP contribution in [0.1, 0.15) is 37.8 Å². The summed E-state index contributed by atoms with van der Waals surface area (Å²) in [6.07, 6.45) is 2.26. The van der Waals surface area contributed by atoms with Gasteiger partial charge in [-0.25, -0.2) is 4.98 Å². The number of hydrogen-bond donors (Lipinski definition) is 1. The summed E-state index contributed by atoms with van der Waals surface area (Å²) < 4.78 is 5.84. The maximum atomic E-state index is 13.1. The Bertz CT molecular complexity index is 990. The first-order valence-corrected chi connectivity index (χ1v) is 10.9. The lowest BCUT2D eigenvalue weighted by atomic mass is 9.86. The molecule has 0 aliphatic heterocycles. The number of carbonyl (C=O) groups excluding carboxylic acids is 1. The van der Waals surface area contributed by atoms with Crippen LogP contribution < -0.4 is 10.1 Å². The summed E-state index contributed by atoms with van der Waals surface area (Å²) in [6, 6.07) is 21.2. The number of halogens is 2. The van der Waals surface area contributed by atoms with Crippen LogP contribution in [-0.4, -0.2) is 22.5 Å². The zero-order chi connectivity index (χ0) is 22.4. The van der Waals surface area contributed by atoms with Gasteiger partial charge < -0.3 is 10.1 Å². The molecule has 1 heterocycles. The molecule has 0 radical (unpaired) electrons. The molecule has 0 aliphatic rings. The van der Waals surface area contributed by atoms with Gasteiger partial charge in [-0.05, 0) is 56.5 Å². The summed E-state index contributed by atoms with van der Waals surface area (Å²) >= 11 is 11.9. The quantitative estimate of drug-likeness (QED) is 0.446. The Morgan fingerprint density at radius 3 is 2.26 bits per heavy atom. The van der Waals surface area contributed by atoms with Crippen LogP contribution in [0, 0.1) is 0 Å². The molecule has 1 amide bonds. The van der Waals surface area contributed by atoms with E-state index in [-0.39, 0.29) is 17.9 Å². The first-order chi connectivity index (χ1) is 14.7. The van der Waals surface area contributed by atoms with Crippen molar-refractivity contribution in [3.05, 3.63) is 94.1 Å². The number of amides is 1. The van der Waals surface area contributed by atoms with Gasteiger partial charge in [0, 0.05) is 29.2 Å². The lowest BCUT2D eigenvalue weighted by molar-refractivity contribution is -0.135. The van der Waals surface area contributed by atoms with Crippen molar-refractivity contribution in [2.75, 3.05) is 0 Å². The second-order valence-corrected chi connectivity index (χ2v) is 8.91. The fourth-order valence-corrected chi connectivity index (χ4v) is 3.61. The summed E-state index contributed by atoms with van der Waals surface area (Å²) in [5, 5.41) is 4.35. The third-order valence-electron chi connectivity index (χ3n) is 5.17. The van der Waals surface area contributed by atoms with Crippen molar-refractivity contribution >= 4 is 29.1 Å². The van der Waals surface area contributed by atoms with E-state index in [1.807, 2.05) is 49.4 Å². The molecule has 31 heavy (non-hydrogen) atoms. The SMILES string of the molecule is CC(NC(=O)C(C)(C)Oc1ccc(Cl)cn1)[C@@H](Cc1ccc(Cl)cc1)c1ccccc1. The second-order valence-electron chi connectivity index (χ2n) is 8.04. The number of pyridine rings is 1. The van der Waals surface area contributed by atoms with E-state index in [4.69, 9.17) is 27.9 Å². The molecule has 0 saturated carbocycles. The molecule has 162 valence electrons. The molecule has 0 aliphatic carbocycles. The number of aromatic nitrogens is 1. The third kappa shape index (κ3) is 6.46. The van der Waals surface area contributed by atoms with E-state index in [9.17, 15) is 4.79 Å². The topological polar surface area (TPSA) is 51.2 Å². The van der Waals surface area contributed by atoms with Crippen molar-refractivity contribution in [2.45, 2.75) is 44.8 Å². The molecule has 6 heteroatoms. The van der Waals surface area contributed by atoms with E-state index >= 15 is 0 Å². The number of nitrogens with zero attached hydrogens (tertiary/aromatic N) is 1. The predicted octanol–water partition coefficient (Wildman–Crippen LogP) is 6.08. The minimum absolute atomic E-state index is 0.0794. The molecule has 2 atom stereocenters. The monoisotopic (exact) mass is 456 g/mol. The van der Waals surface area contributed by atoms with Crippen molar-refractivity contribution < 1.29 is 9.53 Å². The van der Waals surface area contributed by atoms with Gasteiger partial charge in [0.15, 0.2) is 5.60 Å². The molecule has 0 bridgehead atoms. The van der Waals surface area contributed by atoms with Crippen molar-refractivity contribution in [2.24, 2.45) is 0 Å². The zero-order valence-corrected chi connectivity index (χ0v) is 19.3. The number of nitrogens with one attached hydrogen (secondary N) is 1. The van der Waals surface area contributed by atoms with Crippen LogP contribution in [0.3, 0.4) is 0 Å². The van der Waals surface area contributed by atoms with E-state index in [1.54, 1.807) is 26.0 Å². The molecule has 0 saturated heterocycles. The summed E-state index contributed by atoms with van der Waals surface area (Å²) in [4.78, 5) is 17.2. The number of carbonyl (C=O) groups is 1. The average Bonchev–Trinajstić information content (AvgIpc) is 2.75. The Morgan fingerprint density at radius 1 is 1.00 bits per heavy atom. The third-order valence-corrected chi connectivity index (χ3v) is 5.64. The lowest BCUT2D eigenvalue weighted by Crippen LogP contribution is -2.51. The highest BCUT2D eigenvalue weighted by Gasteiger charge is 2.33. The van der Waals surface area contributed by atoms with Gasteiger partial charge in [0.05, 0.1) is 5.02 Å². The number of rotatable bonds is 8. The largest absolute Gasteiger partial charge is 0.462 e. The Hall–Kier alpha value is -2.56. The highest BCUT2D eigenvalue weighted by Crippen LogP contribution is 2.26. The number of benzene rings is 2. The van der Waals surface area contributed by atoms with Crippen molar-refractivity contribution in [3.63, 3.8) is 0 Å². The molecular weight excluding hydrogens is 431 g/mol. The van der Waals surface area contributed by atoms with Crippen LogP contribution in [0.5, 0.6) is 5.88 Å². The fraction of sp³-hybridized carbons (Fsp3) is 0.280. The van der Waals surface area contributed by atoms with Gasteiger partial charge in [-0.15, -0.1) is 0 Å². The normalized spacial score (nSPS) is 13.3. The summed E-state index contributed by atoms with van der Waals surface area (Å²) in [5.74, 6) is 0.211. The second kappa shape index (κ2) is 10.2. The van der Waals surface area contributed by atoms with Gasteiger partial charge in [-0.3, -0.25) is 4.79 Å². The van der Waals surface area contributed by atoms with Crippen molar-refractivity contribution in [1.82, 2.24) is 10.3 Å². The van der Waals surface area contributed by atoms with Crippen molar-refractivity contribution in [3.8, 4) is 5.88 Å². The molecule has 3 rings (SSSR count). The highest BCUT2D eigenvalue weighted by molar-refractivity contribution is 6.30. The van der Waals surface area contributed by atoms with Gasteiger partial charge in [0.1, 0.15) is 0 Å². The smallest absolute Gasteiger partial charge is 0.263 e. The molecule has 1 unspecified atom stereocenters. The Kier molecular flexibility index (Phi) is 7.58. The maximum Gasteiger partial charge on any atom is 0.263 e. The molecule has 0 fully saturated rings. The number of hydrogen-bond acceptors (Lipinski definition) is 3. The molecular formula is C25H26Cl2N2O2. The first kappa shape index (κ1) is 23.1. The summed E-state index contributed by atoms with van der Waals surface area (Å²) in [6.45, 7) is 5.46. The predicted molar refractivity (Wildman–Crippen MR) is 126 cm³/mol. The van der Waals surface area contributed by atoms with E-state index in [1.165, 1.54) is 6.20 Å². The minimum Gasteiger partial charge on any atom is -0.462 e. The van der Waals surface area contributed by atoms with Crippen LogP contribution in [0.15, 0.2) is 72.9 Å². The standard InChI is InChI=1S/C25H26Cl2N2O2/c1-17(29-24(30)25(2,3)31-23-14-13-21(27)16-28-23)22(19-7-5-4-6-8-19)15-18-9-11-20(26)12-10-18/h4-14,16-17,22H,15H2,1-3H3,(H,29,30)/t17?,22-/m1/s1. The minimum atomic E-state index is -1.10. The molecule has 3 aromatic rings. The van der Waals surface area contributed by atoms with Crippen LogP contribution in [-0.2, 0) is 11.2 Å². The maximum absolute atomic E-state index is 13.1. The number of ether oxygens (including phenoxy) is 1. The van der Waals surface area contributed by atoms with Gasteiger partial charge in [0.2, 0.25) is 5.88 Å². The van der Waals surface area contributed by atoms with Crippen LogP contribution in [0.2, 0.25) is 10.0 Å². The summed E-state index contributed by atoms with van der Waals surface area (Å²) in [7, 11) is 0. The average molecular weight is 457 g/mol. The molecule has 2 aromatic carbocycles. The van der Waals surface area contributed by atoms with Gasteiger partial charge in [0.25, 0.3) is 5.91 Å². The lowest BCUT2D eigenvalue weighted by Gasteiger charge is -2.30. The van der Waals surface area contributed by atoms with Gasteiger partial charge in [-0.1, -0.05) is 65.7 Å². The van der Waals surface area contributed by atoms with Crippen molar-refractivity contribution in [1.29, 1.82) is 0 Å². The van der Waals surface area contributed by atoms with Crippen LogP contribution >= 0.6 is 23.2 Å². The molecule has 4 nitrogen and oxygen atoms in total. The van der Waals surface area contributed by atoms with Gasteiger partial charge in [-0.2, -0.15) is 0 Å². The van der Waals surface area contributed by atoms with Crippen LogP contribution in [0.4, 0.5) is 0 Å². The Balaban J connectivity index is 1.75. The fourth-order valence-electron chi connectivity index (χ4n) is 3.37. The molecule has 1 aromatic heterocycles. The van der Waals surface area contributed by atoms with E-state index < -0.39 is 5.60 Å². The Labute approximate surface area is 193 Å². The summed E-state index contributed by atoms with van der Waals surface area (Å²) in [5.41, 5.74) is 1.21. The molecule has 1 N–H and O–H groups in total.